The van der Waals surface area contributed by atoms with E-state index in [9.17, 15) is 22.4 Å². The zero-order valence-electron chi connectivity index (χ0n) is 21.8. The first-order chi connectivity index (χ1) is 20.1. The molecule has 1 aromatic carbocycles. The van der Waals surface area contributed by atoms with E-state index in [0.29, 0.717) is 72.5 Å². The summed E-state index contributed by atoms with van der Waals surface area (Å²) in [5.74, 6) is 0.115. The SMILES string of the molecule is Nc1nc2c(sc(=O)n2CCN2CCN(c3ccc(OC[C@H](O)C(F)(F)F)cc3F)CC2)c2nc(-c3ccco3)nn12. The molecule has 3 N–H and O–H groups in total. The first-order valence-corrected chi connectivity index (χ1v) is 13.6. The number of nitrogens with two attached hydrogens (primary N) is 1. The minimum Gasteiger partial charge on any atom is -0.490 e. The molecule has 222 valence electrons. The number of thiazole rings is 1. The van der Waals surface area contributed by atoms with Crippen LogP contribution in [0.4, 0.5) is 29.2 Å². The van der Waals surface area contributed by atoms with Gasteiger partial charge in [-0.1, -0.05) is 11.3 Å². The molecule has 0 unspecified atom stereocenters. The van der Waals surface area contributed by atoms with Gasteiger partial charge in [0.15, 0.2) is 23.2 Å². The molecule has 12 nitrogen and oxygen atoms in total. The van der Waals surface area contributed by atoms with Crippen LogP contribution in [0, 0.1) is 5.82 Å². The first kappa shape index (κ1) is 27.9. The van der Waals surface area contributed by atoms with Gasteiger partial charge >= 0.3 is 11.0 Å². The van der Waals surface area contributed by atoms with E-state index in [1.54, 1.807) is 16.7 Å². The van der Waals surface area contributed by atoms with Crippen LogP contribution in [0.2, 0.25) is 0 Å². The number of hydrogen-bond donors (Lipinski definition) is 2. The Hall–Kier alpha value is -4.22. The summed E-state index contributed by atoms with van der Waals surface area (Å²) in [6.45, 7) is 2.01. The van der Waals surface area contributed by atoms with Crippen LogP contribution in [-0.4, -0.2) is 85.8 Å². The predicted octanol–water partition coefficient (Wildman–Crippen LogP) is 2.61. The van der Waals surface area contributed by atoms with E-state index in [1.165, 1.54) is 22.9 Å². The molecular weight excluding hydrogens is 584 g/mol. The Morgan fingerprint density at radius 1 is 1.12 bits per heavy atom. The van der Waals surface area contributed by atoms with Crippen molar-refractivity contribution < 1.29 is 31.8 Å². The summed E-state index contributed by atoms with van der Waals surface area (Å²) in [4.78, 5) is 25.6. The van der Waals surface area contributed by atoms with Gasteiger partial charge < -0.3 is 24.9 Å². The highest BCUT2D eigenvalue weighted by Crippen LogP contribution is 2.28. The molecule has 0 saturated carbocycles. The number of piperazine rings is 1. The molecule has 42 heavy (non-hydrogen) atoms. The Kier molecular flexibility index (Phi) is 7.24. The molecule has 1 fully saturated rings. The Balaban J connectivity index is 1.09. The minimum absolute atomic E-state index is 0.0814. The molecule has 6 rings (SSSR count). The van der Waals surface area contributed by atoms with Crippen LogP contribution in [-0.2, 0) is 6.54 Å². The second-order valence-corrected chi connectivity index (χ2v) is 10.6. The smallest absolute Gasteiger partial charge is 0.417 e. The van der Waals surface area contributed by atoms with Gasteiger partial charge in [0.25, 0.3) is 0 Å². The minimum atomic E-state index is -4.82. The Labute approximate surface area is 238 Å². The fraction of sp³-hybridized carbons (Fsp3) is 0.360. The molecular formula is C25H24F4N8O4S. The third-order valence-corrected chi connectivity index (χ3v) is 7.88. The molecule has 5 aromatic rings. The number of aliphatic hydroxyl groups is 1. The van der Waals surface area contributed by atoms with Gasteiger partial charge in [0, 0.05) is 45.3 Å². The number of aromatic nitrogens is 5. The quantitative estimate of drug-likeness (QED) is 0.253. The molecule has 0 spiro atoms. The highest BCUT2D eigenvalue weighted by molar-refractivity contribution is 7.17. The topological polar surface area (TPSA) is 140 Å². The van der Waals surface area contributed by atoms with Crippen molar-refractivity contribution in [1.29, 1.82) is 0 Å². The Morgan fingerprint density at radius 3 is 2.60 bits per heavy atom. The van der Waals surface area contributed by atoms with Crippen molar-refractivity contribution in [3.63, 3.8) is 0 Å². The number of rotatable bonds is 8. The number of nitrogens with zero attached hydrogens (tertiary/aromatic N) is 7. The van der Waals surface area contributed by atoms with Crippen molar-refractivity contribution in [3.8, 4) is 17.3 Å². The number of anilines is 2. The molecule has 1 aliphatic rings. The van der Waals surface area contributed by atoms with Gasteiger partial charge in [0.05, 0.1) is 12.0 Å². The molecule has 4 aromatic heterocycles. The number of hydrogen-bond acceptors (Lipinski definition) is 11. The van der Waals surface area contributed by atoms with E-state index in [-0.39, 0.29) is 16.6 Å². The fourth-order valence-electron chi connectivity index (χ4n) is 4.69. The van der Waals surface area contributed by atoms with Crippen molar-refractivity contribution >= 4 is 39.0 Å². The molecule has 0 radical (unpaired) electrons. The van der Waals surface area contributed by atoms with Gasteiger partial charge in [-0.05, 0) is 24.3 Å². The van der Waals surface area contributed by atoms with Crippen LogP contribution in [0.15, 0.2) is 45.8 Å². The van der Waals surface area contributed by atoms with Crippen LogP contribution >= 0.6 is 11.3 Å². The highest BCUT2D eigenvalue weighted by atomic mass is 32.1. The molecule has 5 heterocycles. The third-order valence-electron chi connectivity index (χ3n) is 6.92. The van der Waals surface area contributed by atoms with Crippen LogP contribution in [0.3, 0.4) is 0 Å². The maximum absolute atomic E-state index is 14.8. The molecule has 0 bridgehead atoms. The second-order valence-electron chi connectivity index (χ2n) is 9.60. The monoisotopic (exact) mass is 608 g/mol. The zero-order valence-corrected chi connectivity index (χ0v) is 22.6. The number of aliphatic hydroxyl groups excluding tert-OH is 1. The standard InChI is InChI=1S/C25H24F4N8O4S/c26-15-12-14(41-13-18(38)25(27,28)29)3-4-16(15)35-8-5-34(6-9-35)7-10-36-21-19(42-24(36)39)22-31-20(17-2-1-11-40-17)33-37(22)23(30)32-21/h1-4,11-12,18,38H,5-10,13H2,(H2,30,32)/t18-/m0/s1. The summed E-state index contributed by atoms with van der Waals surface area (Å²) in [6.07, 6.45) is -5.97. The van der Waals surface area contributed by atoms with E-state index in [0.717, 1.165) is 17.4 Å². The number of halogens is 4. The lowest BCUT2D eigenvalue weighted by Crippen LogP contribution is -2.47. The molecule has 1 aliphatic heterocycles. The maximum atomic E-state index is 14.8. The molecule has 17 heteroatoms. The lowest BCUT2D eigenvalue weighted by atomic mass is 10.2. The number of ether oxygens (including phenoxy) is 1. The summed E-state index contributed by atoms with van der Waals surface area (Å²) in [7, 11) is 0. The van der Waals surface area contributed by atoms with E-state index in [1.807, 2.05) is 4.90 Å². The average Bonchev–Trinajstić information content (AvgIpc) is 3.70. The van der Waals surface area contributed by atoms with Gasteiger partial charge in [-0.3, -0.25) is 14.3 Å². The first-order valence-electron chi connectivity index (χ1n) is 12.8. The van der Waals surface area contributed by atoms with Crippen LogP contribution in [0.25, 0.3) is 27.6 Å². The largest absolute Gasteiger partial charge is 0.490 e. The molecule has 0 amide bonds. The number of alkyl halides is 3. The third kappa shape index (κ3) is 5.37. The van der Waals surface area contributed by atoms with E-state index >= 15 is 0 Å². The van der Waals surface area contributed by atoms with Gasteiger partial charge in [-0.15, -0.1) is 5.10 Å². The van der Waals surface area contributed by atoms with Crippen LogP contribution in [0.5, 0.6) is 5.75 Å². The van der Waals surface area contributed by atoms with Crippen LogP contribution < -0.4 is 20.2 Å². The summed E-state index contributed by atoms with van der Waals surface area (Å²) < 4.78 is 65.9. The molecule has 1 saturated heterocycles. The van der Waals surface area contributed by atoms with Crippen molar-refractivity contribution in [2.24, 2.45) is 0 Å². The molecule has 1 atom stereocenters. The summed E-state index contributed by atoms with van der Waals surface area (Å²) in [6, 6.07) is 7.24. The highest BCUT2D eigenvalue weighted by Gasteiger charge is 2.38. The average molecular weight is 609 g/mol. The molecule has 0 aliphatic carbocycles. The zero-order chi connectivity index (χ0) is 29.6. The summed E-state index contributed by atoms with van der Waals surface area (Å²) >= 11 is 1.01. The number of benzene rings is 1. The predicted molar refractivity (Wildman–Crippen MR) is 145 cm³/mol. The van der Waals surface area contributed by atoms with Crippen molar-refractivity contribution in [2.75, 3.05) is 50.0 Å². The van der Waals surface area contributed by atoms with Crippen molar-refractivity contribution in [3.05, 3.63) is 52.1 Å². The summed E-state index contributed by atoms with van der Waals surface area (Å²) in [5, 5.41) is 13.4. The lowest BCUT2D eigenvalue weighted by molar-refractivity contribution is -0.210. The van der Waals surface area contributed by atoms with E-state index < -0.39 is 24.7 Å². The Morgan fingerprint density at radius 2 is 1.90 bits per heavy atom. The second kappa shape index (κ2) is 10.9. The number of furan rings is 1. The normalized spacial score (nSPS) is 15.6. The number of nitrogen functional groups attached to an aromatic ring is 1. The van der Waals surface area contributed by atoms with Gasteiger partial charge in [-0.2, -0.15) is 22.7 Å². The maximum Gasteiger partial charge on any atom is 0.417 e. The van der Waals surface area contributed by atoms with Gasteiger partial charge in [-0.25, -0.2) is 9.37 Å². The van der Waals surface area contributed by atoms with Crippen molar-refractivity contribution in [1.82, 2.24) is 29.0 Å². The van der Waals surface area contributed by atoms with Crippen molar-refractivity contribution in [2.45, 2.75) is 18.8 Å². The van der Waals surface area contributed by atoms with Crippen LogP contribution in [0.1, 0.15) is 0 Å². The lowest BCUT2D eigenvalue weighted by Gasteiger charge is -2.36. The number of fused-ring (bicyclic) bond motifs is 3. The fourth-order valence-corrected chi connectivity index (χ4v) is 5.63. The summed E-state index contributed by atoms with van der Waals surface area (Å²) in [5.41, 5.74) is 7.26. The van der Waals surface area contributed by atoms with E-state index in [4.69, 9.17) is 20.0 Å². The van der Waals surface area contributed by atoms with E-state index in [2.05, 4.69) is 20.0 Å². The van der Waals surface area contributed by atoms with Gasteiger partial charge in [0.1, 0.15) is 22.9 Å². The van der Waals surface area contributed by atoms with Gasteiger partial charge in [0.2, 0.25) is 11.8 Å². The Bertz CT molecular complexity index is 1780.